The number of hydrogen-bond donors (Lipinski definition) is 1. The molecule has 12 heavy (non-hydrogen) atoms. The molecule has 0 heterocycles. The third-order valence-corrected chi connectivity index (χ3v) is 1.83. The van der Waals surface area contributed by atoms with Crippen molar-refractivity contribution in [3.8, 4) is 0 Å². The number of aliphatic hydroxyl groups is 1. The Labute approximate surface area is 75.9 Å². The van der Waals surface area contributed by atoms with Crippen molar-refractivity contribution in [2.45, 2.75) is 20.3 Å². The van der Waals surface area contributed by atoms with Crippen LogP contribution in [0.2, 0.25) is 0 Å². The summed E-state index contributed by atoms with van der Waals surface area (Å²) in [6, 6.07) is 0. The van der Waals surface area contributed by atoms with E-state index >= 15 is 0 Å². The number of aliphatic hydroxyl groups excluding tert-OH is 1. The van der Waals surface area contributed by atoms with Crippen LogP contribution in [-0.2, 0) is 0 Å². The largest absolute Gasteiger partial charge is 0.395 e. The standard InChI is InChI=1S/C10H21NO/c1-4-6-11(8-9-12)7-5-10(2)3/h4,10,12H,1,5-9H2,2-3H3. The summed E-state index contributed by atoms with van der Waals surface area (Å²) in [5.74, 6) is 0.732. The Morgan fingerprint density at radius 1 is 1.42 bits per heavy atom. The molecule has 0 aromatic rings. The van der Waals surface area contributed by atoms with Crippen molar-refractivity contribution in [2.75, 3.05) is 26.2 Å². The summed E-state index contributed by atoms with van der Waals surface area (Å²) < 4.78 is 0. The van der Waals surface area contributed by atoms with E-state index in [0.29, 0.717) is 0 Å². The lowest BCUT2D eigenvalue weighted by Crippen LogP contribution is -2.28. The highest BCUT2D eigenvalue weighted by molar-refractivity contribution is 4.73. The second-order valence-electron chi connectivity index (χ2n) is 3.50. The van der Waals surface area contributed by atoms with Gasteiger partial charge in [-0.15, -0.1) is 6.58 Å². The molecule has 0 bridgehead atoms. The second kappa shape index (κ2) is 7.32. The molecule has 2 nitrogen and oxygen atoms in total. The summed E-state index contributed by atoms with van der Waals surface area (Å²) in [5.41, 5.74) is 0. The first-order valence-corrected chi connectivity index (χ1v) is 4.64. The SMILES string of the molecule is C=CCN(CCO)CCC(C)C. The fraction of sp³-hybridized carbons (Fsp3) is 0.800. The van der Waals surface area contributed by atoms with Gasteiger partial charge in [-0.25, -0.2) is 0 Å². The summed E-state index contributed by atoms with van der Waals surface area (Å²) in [4.78, 5) is 2.22. The molecule has 0 fully saturated rings. The Hall–Kier alpha value is -0.340. The van der Waals surface area contributed by atoms with Gasteiger partial charge in [-0.2, -0.15) is 0 Å². The van der Waals surface area contributed by atoms with Crippen LogP contribution < -0.4 is 0 Å². The maximum Gasteiger partial charge on any atom is 0.0558 e. The van der Waals surface area contributed by atoms with E-state index < -0.39 is 0 Å². The average molecular weight is 171 g/mol. The molecule has 0 aliphatic heterocycles. The smallest absolute Gasteiger partial charge is 0.0558 e. The Kier molecular flexibility index (Phi) is 7.11. The zero-order valence-corrected chi connectivity index (χ0v) is 8.29. The molecule has 0 rings (SSSR count). The fourth-order valence-electron chi connectivity index (χ4n) is 1.06. The minimum absolute atomic E-state index is 0.242. The molecule has 1 N–H and O–H groups in total. The molecule has 0 amide bonds. The number of rotatable bonds is 7. The van der Waals surface area contributed by atoms with Crippen LogP contribution in [0, 0.1) is 5.92 Å². The fourth-order valence-corrected chi connectivity index (χ4v) is 1.06. The highest BCUT2D eigenvalue weighted by Crippen LogP contribution is 2.01. The summed E-state index contributed by atoms with van der Waals surface area (Å²) >= 11 is 0. The normalized spacial score (nSPS) is 11.1. The van der Waals surface area contributed by atoms with Crippen molar-refractivity contribution in [1.29, 1.82) is 0 Å². The van der Waals surface area contributed by atoms with E-state index in [9.17, 15) is 0 Å². The lowest BCUT2D eigenvalue weighted by Gasteiger charge is -2.20. The van der Waals surface area contributed by atoms with E-state index in [1.807, 2.05) is 6.08 Å². The first-order chi connectivity index (χ1) is 5.70. The Balaban J connectivity index is 3.54. The number of nitrogens with zero attached hydrogens (tertiary/aromatic N) is 1. The zero-order valence-electron chi connectivity index (χ0n) is 8.29. The molecular formula is C10H21NO. The molecule has 0 unspecified atom stereocenters. The topological polar surface area (TPSA) is 23.5 Å². The van der Waals surface area contributed by atoms with E-state index in [1.165, 1.54) is 6.42 Å². The predicted octanol–water partition coefficient (Wildman–Crippen LogP) is 1.51. The Morgan fingerprint density at radius 2 is 2.08 bits per heavy atom. The van der Waals surface area contributed by atoms with Crippen molar-refractivity contribution in [2.24, 2.45) is 5.92 Å². The van der Waals surface area contributed by atoms with Gasteiger partial charge in [0.25, 0.3) is 0 Å². The van der Waals surface area contributed by atoms with Crippen molar-refractivity contribution >= 4 is 0 Å². The lowest BCUT2D eigenvalue weighted by molar-refractivity contribution is 0.202. The van der Waals surface area contributed by atoms with Crippen LogP contribution in [-0.4, -0.2) is 36.2 Å². The first-order valence-electron chi connectivity index (χ1n) is 4.64. The van der Waals surface area contributed by atoms with Gasteiger partial charge in [0.05, 0.1) is 6.61 Å². The summed E-state index contributed by atoms with van der Waals surface area (Å²) in [6.07, 6.45) is 3.07. The van der Waals surface area contributed by atoms with Crippen LogP contribution in [0.25, 0.3) is 0 Å². The summed E-state index contributed by atoms with van der Waals surface area (Å²) in [5, 5.41) is 8.75. The van der Waals surface area contributed by atoms with Crippen LogP contribution in [0.4, 0.5) is 0 Å². The van der Waals surface area contributed by atoms with E-state index in [0.717, 1.165) is 25.6 Å². The molecule has 0 saturated heterocycles. The average Bonchev–Trinajstić information content (AvgIpc) is 2.01. The molecule has 0 aliphatic rings. The third kappa shape index (κ3) is 6.38. The van der Waals surface area contributed by atoms with Gasteiger partial charge in [0.15, 0.2) is 0 Å². The lowest BCUT2D eigenvalue weighted by atomic mass is 10.1. The summed E-state index contributed by atoms with van der Waals surface area (Å²) in [7, 11) is 0. The minimum atomic E-state index is 0.242. The van der Waals surface area contributed by atoms with E-state index in [2.05, 4.69) is 25.3 Å². The van der Waals surface area contributed by atoms with Gasteiger partial charge in [-0.3, -0.25) is 4.90 Å². The van der Waals surface area contributed by atoms with Gasteiger partial charge in [0, 0.05) is 13.1 Å². The van der Waals surface area contributed by atoms with Gasteiger partial charge in [0.2, 0.25) is 0 Å². The summed E-state index contributed by atoms with van der Waals surface area (Å²) in [6.45, 7) is 11.1. The van der Waals surface area contributed by atoms with Crippen LogP contribution in [0.5, 0.6) is 0 Å². The van der Waals surface area contributed by atoms with E-state index in [1.54, 1.807) is 0 Å². The van der Waals surface area contributed by atoms with E-state index in [-0.39, 0.29) is 6.61 Å². The molecule has 0 aromatic carbocycles. The molecule has 72 valence electrons. The maximum absolute atomic E-state index is 8.75. The second-order valence-corrected chi connectivity index (χ2v) is 3.50. The highest BCUT2D eigenvalue weighted by Gasteiger charge is 2.02. The molecule has 0 aliphatic carbocycles. The maximum atomic E-state index is 8.75. The Morgan fingerprint density at radius 3 is 2.50 bits per heavy atom. The van der Waals surface area contributed by atoms with Gasteiger partial charge in [-0.05, 0) is 18.9 Å². The molecule has 0 aromatic heterocycles. The quantitative estimate of drug-likeness (QED) is 0.587. The molecule has 0 saturated carbocycles. The predicted molar refractivity (Wildman–Crippen MR) is 53.2 cm³/mol. The molecule has 0 radical (unpaired) electrons. The number of hydrogen-bond acceptors (Lipinski definition) is 2. The van der Waals surface area contributed by atoms with Gasteiger partial charge in [0.1, 0.15) is 0 Å². The van der Waals surface area contributed by atoms with Crippen molar-refractivity contribution < 1.29 is 5.11 Å². The molecule has 2 heteroatoms. The van der Waals surface area contributed by atoms with Gasteiger partial charge < -0.3 is 5.11 Å². The minimum Gasteiger partial charge on any atom is -0.395 e. The van der Waals surface area contributed by atoms with Crippen molar-refractivity contribution in [3.05, 3.63) is 12.7 Å². The monoisotopic (exact) mass is 171 g/mol. The highest BCUT2D eigenvalue weighted by atomic mass is 16.3. The Bertz CT molecular complexity index is 112. The van der Waals surface area contributed by atoms with Gasteiger partial charge in [-0.1, -0.05) is 19.9 Å². The van der Waals surface area contributed by atoms with Crippen LogP contribution in [0.3, 0.4) is 0 Å². The van der Waals surface area contributed by atoms with Gasteiger partial charge >= 0.3 is 0 Å². The van der Waals surface area contributed by atoms with Crippen molar-refractivity contribution in [1.82, 2.24) is 4.90 Å². The molecule has 0 atom stereocenters. The molecular weight excluding hydrogens is 150 g/mol. The van der Waals surface area contributed by atoms with E-state index in [4.69, 9.17) is 5.11 Å². The van der Waals surface area contributed by atoms with Crippen LogP contribution in [0.15, 0.2) is 12.7 Å². The molecule has 0 spiro atoms. The van der Waals surface area contributed by atoms with Crippen LogP contribution in [0.1, 0.15) is 20.3 Å². The third-order valence-electron chi connectivity index (χ3n) is 1.83. The zero-order chi connectivity index (χ0) is 9.40. The first kappa shape index (κ1) is 11.7. The van der Waals surface area contributed by atoms with Crippen LogP contribution >= 0.6 is 0 Å². The van der Waals surface area contributed by atoms with Crippen molar-refractivity contribution in [3.63, 3.8) is 0 Å².